The molecule has 3 heteroatoms. The summed E-state index contributed by atoms with van der Waals surface area (Å²) in [4.78, 5) is 15.9. The topological polar surface area (TPSA) is 34.4 Å². The van der Waals surface area contributed by atoms with Gasteiger partial charge in [-0.2, -0.15) is 0 Å². The van der Waals surface area contributed by atoms with E-state index in [0.717, 1.165) is 35.2 Å². The quantitative estimate of drug-likeness (QED) is 0.668. The van der Waals surface area contributed by atoms with Crippen LogP contribution in [-0.2, 0) is 12.8 Å². The van der Waals surface area contributed by atoms with Crippen LogP contribution in [-0.4, -0.2) is 15.7 Å². The number of hydrogen-bond donors (Lipinski definition) is 0. The minimum atomic E-state index is 0.643. The lowest BCUT2D eigenvalue weighted by molar-refractivity contribution is 0.112. The van der Waals surface area contributed by atoms with E-state index in [4.69, 9.17) is 0 Å². The number of benzene rings is 1. The SMILES string of the molecule is Cc1cc(C=O)c2nc(-c3ccc4c(c3)CCCC4)cn2c1. The van der Waals surface area contributed by atoms with E-state index in [1.165, 1.54) is 30.4 Å². The maximum atomic E-state index is 11.3. The monoisotopic (exact) mass is 290 g/mol. The summed E-state index contributed by atoms with van der Waals surface area (Å²) in [6, 6.07) is 8.54. The lowest BCUT2D eigenvalue weighted by Crippen LogP contribution is -2.02. The Morgan fingerprint density at radius 2 is 1.91 bits per heavy atom. The number of carbonyl (C=O) groups excluding carboxylic acids is 1. The lowest BCUT2D eigenvalue weighted by atomic mass is 9.90. The van der Waals surface area contributed by atoms with Crippen molar-refractivity contribution in [2.24, 2.45) is 0 Å². The number of aromatic nitrogens is 2. The normalized spacial score (nSPS) is 14.0. The summed E-state index contributed by atoms with van der Waals surface area (Å²) in [7, 11) is 0. The van der Waals surface area contributed by atoms with Crippen LogP contribution in [0.5, 0.6) is 0 Å². The number of aryl methyl sites for hydroxylation is 3. The molecule has 0 unspecified atom stereocenters. The molecule has 0 aliphatic heterocycles. The fraction of sp³-hybridized carbons (Fsp3) is 0.263. The van der Waals surface area contributed by atoms with Gasteiger partial charge in [0.25, 0.3) is 0 Å². The maximum Gasteiger partial charge on any atom is 0.153 e. The average Bonchev–Trinajstić information content (AvgIpc) is 2.97. The van der Waals surface area contributed by atoms with E-state index >= 15 is 0 Å². The number of hydrogen-bond acceptors (Lipinski definition) is 2. The van der Waals surface area contributed by atoms with E-state index < -0.39 is 0 Å². The highest BCUT2D eigenvalue weighted by Gasteiger charge is 2.13. The Morgan fingerprint density at radius 1 is 1.09 bits per heavy atom. The number of pyridine rings is 1. The Balaban J connectivity index is 1.86. The Hall–Kier alpha value is -2.42. The zero-order valence-corrected chi connectivity index (χ0v) is 12.7. The molecule has 22 heavy (non-hydrogen) atoms. The molecule has 0 amide bonds. The number of nitrogens with zero attached hydrogens (tertiary/aromatic N) is 2. The number of rotatable bonds is 2. The van der Waals surface area contributed by atoms with Crippen molar-refractivity contribution in [3.63, 3.8) is 0 Å². The molecule has 2 aromatic heterocycles. The van der Waals surface area contributed by atoms with Crippen molar-refractivity contribution < 1.29 is 4.79 Å². The second-order valence-corrected chi connectivity index (χ2v) is 6.14. The number of imidazole rings is 1. The van der Waals surface area contributed by atoms with Crippen LogP contribution in [0.3, 0.4) is 0 Å². The summed E-state index contributed by atoms with van der Waals surface area (Å²) >= 11 is 0. The molecular weight excluding hydrogens is 272 g/mol. The molecule has 0 fully saturated rings. The van der Waals surface area contributed by atoms with Crippen LogP contribution in [0.25, 0.3) is 16.9 Å². The summed E-state index contributed by atoms with van der Waals surface area (Å²) in [5, 5.41) is 0. The Labute approximate surface area is 129 Å². The molecule has 110 valence electrons. The van der Waals surface area contributed by atoms with Crippen molar-refractivity contribution in [2.45, 2.75) is 32.6 Å². The van der Waals surface area contributed by atoms with Crippen LogP contribution in [0.4, 0.5) is 0 Å². The molecule has 0 spiro atoms. The van der Waals surface area contributed by atoms with Crippen LogP contribution in [0.2, 0.25) is 0 Å². The third kappa shape index (κ3) is 2.13. The van der Waals surface area contributed by atoms with Gasteiger partial charge >= 0.3 is 0 Å². The van der Waals surface area contributed by atoms with Crippen LogP contribution < -0.4 is 0 Å². The molecule has 4 rings (SSSR count). The third-order valence-corrected chi connectivity index (χ3v) is 4.49. The molecule has 1 aliphatic carbocycles. The van der Waals surface area contributed by atoms with Gasteiger partial charge in [0.1, 0.15) is 5.65 Å². The molecule has 0 radical (unpaired) electrons. The van der Waals surface area contributed by atoms with E-state index in [2.05, 4.69) is 23.2 Å². The second-order valence-electron chi connectivity index (χ2n) is 6.14. The van der Waals surface area contributed by atoms with E-state index in [1.54, 1.807) is 0 Å². The van der Waals surface area contributed by atoms with Crippen LogP contribution in [0, 0.1) is 6.92 Å². The van der Waals surface area contributed by atoms with E-state index in [9.17, 15) is 4.79 Å². The summed E-state index contributed by atoms with van der Waals surface area (Å²) in [5.41, 5.74) is 7.43. The fourth-order valence-corrected chi connectivity index (χ4v) is 3.39. The molecule has 0 bridgehead atoms. The third-order valence-electron chi connectivity index (χ3n) is 4.49. The van der Waals surface area contributed by atoms with Gasteiger partial charge in [-0.25, -0.2) is 4.98 Å². The lowest BCUT2D eigenvalue weighted by Gasteiger charge is -2.15. The molecule has 3 nitrogen and oxygen atoms in total. The van der Waals surface area contributed by atoms with Crippen molar-refractivity contribution in [3.8, 4) is 11.3 Å². The zero-order valence-electron chi connectivity index (χ0n) is 12.7. The van der Waals surface area contributed by atoms with E-state index in [-0.39, 0.29) is 0 Å². The smallest absolute Gasteiger partial charge is 0.153 e. The van der Waals surface area contributed by atoms with Gasteiger partial charge in [-0.05, 0) is 61.4 Å². The standard InChI is InChI=1S/C19H18N2O/c1-13-8-17(12-22)19-20-18(11-21(19)10-13)16-7-6-14-4-2-3-5-15(14)9-16/h6-12H,2-5H2,1H3. The largest absolute Gasteiger partial charge is 0.306 e. The minimum Gasteiger partial charge on any atom is -0.306 e. The number of fused-ring (bicyclic) bond motifs is 2. The summed E-state index contributed by atoms with van der Waals surface area (Å²) in [6.07, 6.45) is 9.83. The molecular formula is C19H18N2O. The van der Waals surface area contributed by atoms with Gasteiger partial charge < -0.3 is 4.40 Å². The Bertz CT molecular complexity index is 877. The number of aldehydes is 1. The van der Waals surface area contributed by atoms with Crippen LogP contribution >= 0.6 is 0 Å². The van der Waals surface area contributed by atoms with Crippen LogP contribution in [0.15, 0.2) is 36.7 Å². The summed E-state index contributed by atoms with van der Waals surface area (Å²) < 4.78 is 1.95. The van der Waals surface area contributed by atoms with Crippen molar-refractivity contribution in [1.82, 2.24) is 9.38 Å². The van der Waals surface area contributed by atoms with Gasteiger partial charge in [0.2, 0.25) is 0 Å². The number of carbonyl (C=O) groups is 1. The van der Waals surface area contributed by atoms with Gasteiger partial charge in [0, 0.05) is 18.0 Å². The summed E-state index contributed by atoms with van der Waals surface area (Å²) in [6.45, 7) is 1.99. The van der Waals surface area contributed by atoms with Gasteiger partial charge in [-0.15, -0.1) is 0 Å². The highest BCUT2D eigenvalue weighted by atomic mass is 16.1. The van der Waals surface area contributed by atoms with Crippen molar-refractivity contribution in [2.75, 3.05) is 0 Å². The first-order valence-electron chi connectivity index (χ1n) is 7.81. The molecule has 0 N–H and O–H groups in total. The molecule has 0 atom stereocenters. The minimum absolute atomic E-state index is 0.643. The fourth-order valence-electron chi connectivity index (χ4n) is 3.39. The van der Waals surface area contributed by atoms with Gasteiger partial charge in [-0.1, -0.05) is 12.1 Å². The predicted octanol–water partition coefficient (Wildman–Crippen LogP) is 4.00. The molecule has 3 aromatic rings. The highest BCUT2D eigenvalue weighted by molar-refractivity contribution is 5.85. The van der Waals surface area contributed by atoms with Crippen molar-refractivity contribution in [1.29, 1.82) is 0 Å². The zero-order chi connectivity index (χ0) is 15.1. The first-order chi connectivity index (χ1) is 10.7. The first kappa shape index (κ1) is 13.3. The average molecular weight is 290 g/mol. The molecule has 2 heterocycles. The maximum absolute atomic E-state index is 11.3. The predicted molar refractivity (Wildman–Crippen MR) is 87.4 cm³/mol. The van der Waals surface area contributed by atoms with Crippen molar-refractivity contribution >= 4 is 11.9 Å². The molecule has 1 aromatic carbocycles. The van der Waals surface area contributed by atoms with Gasteiger partial charge in [-0.3, -0.25) is 4.79 Å². The van der Waals surface area contributed by atoms with E-state index in [0.29, 0.717) is 5.56 Å². The summed E-state index contributed by atoms with van der Waals surface area (Å²) in [5.74, 6) is 0. The molecule has 0 saturated carbocycles. The van der Waals surface area contributed by atoms with Crippen molar-refractivity contribution in [3.05, 3.63) is 58.9 Å². The van der Waals surface area contributed by atoms with Gasteiger partial charge in [0.15, 0.2) is 6.29 Å². The second kappa shape index (κ2) is 5.09. The molecule has 1 aliphatic rings. The Kier molecular flexibility index (Phi) is 3.07. The van der Waals surface area contributed by atoms with Crippen LogP contribution in [0.1, 0.15) is 39.9 Å². The highest BCUT2D eigenvalue weighted by Crippen LogP contribution is 2.27. The Morgan fingerprint density at radius 3 is 2.73 bits per heavy atom. The first-order valence-corrected chi connectivity index (χ1v) is 7.81. The van der Waals surface area contributed by atoms with E-state index in [1.807, 2.05) is 29.8 Å². The molecule has 0 saturated heterocycles. The van der Waals surface area contributed by atoms with Gasteiger partial charge in [0.05, 0.1) is 11.3 Å².